The van der Waals surface area contributed by atoms with Crippen molar-refractivity contribution in [1.82, 2.24) is 20.0 Å². The summed E-state index contributed by atoms with van der Waals surface area (Å²) in [6.07, 6.45) is 8.32. The van der Waals surface area contributed by atoms with E-state index >= 15 is 0 Å². The van der Waals surface area contributed by atoms with Gasteiger partial charge < -0.3 is 9.47 Å². The summed E-state index contributed by atoms with van der Waals surface area (Å²) in [4.78, 5) is 11.7. The highest BCUT2D eigenvalue weighted by molar-refractivity contribution is 5.91. The van der Waals surface area contributed by atoms with Gasteiger partial charge in [0.1, 0.15) is 12.2 Å². The van der Waals surface area contributed by atoms with Crippen LogP contribution in [0.25, 0.3) is 0 Å². The average molecular weight is 341 g/mol. The molecular formula is C15H21ClN4O3. The zero-order chi connectivity index (χ0) is 15.4. The van der Waals surface area contributed by atoms with Gasteiger partial charge in [0.2, 0.25) is 5.88 Å². The van der Waals surface area contributed by atoms with Gasteiger partial charge in [-0.3, -0.25) is 4.68 Å². The Labute approximate surface area is 140 Å². The van der Waals surface area contributed by atoms with E-state index in [2.05, 4.69) is 15.3 Å². The quantitative estimate of drug-likeness (QED) is 0.817. The summed E-state index contributed by atoms with van der Waals surface area (Å²) in [5.41, 5.74) is 1.13. The van der Waals surface area contributed by atoms with Crippen LogP contribution in [-0.2, 0) is 11.3 Å². The highest BCUT2D eigenvalue weighted by Gasteiger charge is 2.19. The highest BCUT2D eigenvalue weighted by atomic mass is 35.5. The van der Waals surface area contributed by atoms with Crippen LogP contribution in [-0.4, -0.2) is 32.6 Å². The number of nitrogens with one attached hydrogen (secondary N) is 1. The molecule has 0 amide bonds. The van der Waals surface area contributed by atoms with Gasteiger partial charge in [0.25, 0.3) is 0 Å². The van der Waals surface area contributed by atoms with Crippen molar-refractivity contribution in [2.75, 3.05) is 6.61 Å². The Bertz CT molecular complexity index is 634. The molecule has 1 fully saturated rings. The molecule has 2 heterocycles. The number of carbonyl (C=O) groups excluding carboxylic acids is 1. The molecule has 126 valence electrons. The summed E-state index contributed by atoms with van der Waals surface area (Å²) >= 11 is 0. The molecule has 0 bridgehead atoms. The fourth-order valence-electron chi connectivity index (χ4n) is 2.71. The first-order valence-corrected chi connectivity index (χ1v) is 7.65. The predicted molar refractivity (Wildman–Crippen MR) is 85.9 cm³/mol. The van der Waals surface area contributed by atoms with Crippen molar-refractivity contribution in [1.29, 1.82) is 0 Å². The topological polar surface area (TPSA) is 82.0 Å². The Hall–Kier alpha value is -2.02. The number of nitrogens with zero attached hydrogens (tertiary/aromatic N) is 3. The van der Waals surface area contributed by atoms with E-state index in [1.807, 2.05) is 16.9 Å². The minimum absolute atomic E-state index is 0. The molecule has 2 aromatic heterocycles. The molecule has 1 aliphatic rings. The maximum Gasteiger partial charge on any atom is 0.345 e. The molecule has 0 saturated heterocycles. The molecule has 3 rings (SSSR count). The first-order valence-electron chi connectivity index (χ1n) is 7.65. The monoisotopic (exact) mass is 340 g/mol. The van der Waals surface area contributed by atoms with Crippen molar-refractivity contribution >= 4 is 18.4 Å². The molecule has 1 saturated carbocycles. The van der Waals surface area contributed by atoms with Gasteiger partial charge in [-0.2, -0.15) is 10.2 Å². The molecule has 0 radical (unpaired) electrons. The first kappa shape index (κ1) is 17.3. The van der Waals surface area contributed by atoms with Gasteiger partial charge in [-0.15, -0.1) is 12.4 Å². The summed E-state index contributed by atoms with van der Waals surface area (Å²) in [5.74, 6) is -0.128. The molecule has 0 spiro atoms. The standard InChI is InChI=1S/C15H20N4O3.ClH/c1-2-21-15(20)13-9-16-17-14(13)22-10-11-7-8-19(18-11)12-5-3-4-6-12;/h7-9,12H,2-6,10H2,1H3,(H,16,17);1H. The lowest BCUT2D eigenvalue weighted by Gasteiger charge is -2.09. The lowest BCUT2D eigenvalue weighted by molar-refractivity contribution is 0.0521. The molecule has 1 N–H and O–H groups in total. The van der Waals surface area contributed by atoms with Gasteiger partial charge >= 0.3 is 5.97 Å². The predicted octanol–water partition coefficient (Wildman–Crippen LogP) is 2.90. The van der Waals surface area contributed by atoms with E-state index in [4.69, 9.17) is 9.47 Å². The molecule has 0 atom stereocenters. The van der Waals surface area contributed by atoms with E-state index in [0.717, 1.165) is 5.69 Å². The molecule has 7 nitrogen and oxygen atoms in total. The van der Waals surface area contributed by atoms with Crippen LogP contribution in [0.15, 0.2) is 18.5 Å². The number of aromatic nitrogens is 4. The number of ether oxygens (including phenoxy) is 2. The lowest BCUT2D eigenvalue weighted by atomic mass is 10.3. The van der Waals surface area contributed by atoms with Crippen molar-refractivity contribution in [3.8, 4) is 5.88 Å². The maximum absolute atomic E-state index is 11.7. The van der Waals surface area contributed by atoms with Crippen molar-refractivity contribution in [3.05, 3.63) is 29.7 Å². The van der Waals surface area contributed by atoms with E-state index in [-0.39, 0.29) is 19.0 Å². The molecule has 2 aromatic rings. The molecule has 0 aliphatic heterocycles. The molecule has 0 unspecified atom stereocenters. The zero-order valence-electron chi connectivity index (χ0n) is 13.0. The SMILES string of the molecule is CCOC(=O)c1cn[nH]c1OCc1ccn(C2CCCC2)n1.Cl. The minimum Gasteiger partial charge on any atom is -0.471 e. The van der Waals surface area contributed by atoms with Crippen molar-refractivity contribution in [3.63, 3.8) is 0 Å². The maximum atomic E-state index is 11.7. The van der Waals surface area contributed by atoms with E-state index in [9.17, 15) is 4.79 Å². The number of halogens is 1. The second-order valence-corrected chi connectivity index (χ2v) is 5.35. The third-order valence-corrected chi connectivity index (χ3v) is 3.83. The van der Waals surface area contributed by atoms with Crippen LogP contribution < -0.4 is 4.74 Å². The third-order valence-electron chi connectivity index (χ3n) is 3.83. The summed E-state index contributed by atoms with van der Waals surface area (Å²) in [6, 6.07) is 2.45. The Kier molecular flexibility index (Phi) is 6.04. The summed E-state index contributed by atoms with van der Waals surface area (Å²) < 4.78 is 12.6. The first-order chi connectivity index (χ1) is 10.8. The van der Waals surface area contributed by atoms with Crippen LogP contribution in [0.3, 0.4) is 0 Å². The second-order valence-electron chi connectivity index (χ2n) is 5.35. The van der Waals surface area contributed by atoms with E-state index < -0.39 is 5.97 Å². The minimum atomic E-state index is -0.442. The third kappa shape index (κ3) is 4.04. The van der Waals surface area contributed by atoms with Gasteiger partial charge in [0.15, 0.2) is 0 Å². The molecule has 0 aromatic carbocycles. The smallest absolute Gasteiger partial charge is 0.345 e. The van der Waals surface area contributed by atoms with Crippen molar-refractivity contribution in [2.45, 2.75) is 45.3 Å². The zero-order valence-corrected chi connectivity index (χ0v) is 13.8. The summed E-state index contributed by atoms with van der Waals surface area (Å²) in [7, 11) is 0. The van der Waals surface area contributed by atoms with E-state index in [0.29, 0.717) is 24.1 Å². The Morgan fingerprint density at radius 1 is 1.43 bits per heavy atom. The molecule has 8 heteroatoms. The van der Waals surface area contributed by atoms with Gasteiger partial charge in [0.05, 0.1) is 24.5 Å². The Morgan fingerprint density at radius 2 is 2.22 bits per heavy atom. The van der Waals surface area contributed by atoms with Gasteiger partial charge in [-0.25, -0.2) is 9.89 Å². The van der Waals surface area contributed by atoms with Crippen molar-refractivity contribution in [2.24, 2.45) is 0 Å². The number of rotatable bonds is 6. The normalized spacial score (nSPS) is 14.5. The second kappa shape index (κ2) is 8.01. The number of hydrogen-bond acceptors (Lipinski definition) is 5. The lowest BCUT2D eigenvalue weighted by Crippen LogP contribution is -2.08. The fraction of sp³-hybridized carbons (Fsp3) is 0.533. The van der Waals surface area contributed by atoms with Crippen LogP contribution in [0.4, 0.5) is 0 Å². The van der Waals surface area contributed by atoms with E-state index in [1.165, 1.54) is 31.9 Å². The van der Waals surface area contributed by atoms with Crippen LogP contribution in [0.1, 0.15) is 54.7 Å². The number of carbonyl (C=O) groups is 1. The van der Waals surface area contributed by atoms with Gasteiger partial charge in [-0.1, -0.05) is 12.8 Å². The number of aromatic amines is 1. The molecule has 1 aliphatic carbocycles. The van der Waals surface area contributed by atoms with Crippen molar-refractivity contribution < 1.29 is 14.3 Å². The van der Waals surface area contributed by atoms with E-state index in [1.54, 1.807) is 6.92 Å². The van der Waals surface area contributed by atoms with Gasteiger partial charge in [-0.05, 0) is 25.8 Å². The number of hydrogen-bond donors (Lipinski definition) is 1. The van der Waals surface area contributed by atoms with Crippen LogP contribution in [0, 0.1) is 0 Å². The molecular weight excluding hydrogens is 320 g/mol. The Balaban J connectivity index is 0.00000192. The largest absolute Gasteiger partial charge is 0.471 e. The van der Waals surface area contributed by atoms with Crippen LogP contribution >= 0.6 is 12.4 Å². The van der Waals surface area contributed by atoms with Crippen LogP contribution in [0.5, 0.6) is 5.88 Å². The fourth-order valence-corrected chi connectivity index (χ4v) is 2.71. The van der Waals surface area contributed by atoms with Crippen LogP contribution in [0.2, 0.25) is 0 Å². The summed E-state index contributed by atoms with van der Waals surface area (Å²) in [6.45, 7) is 2.36. The highest BCUT2D eigenvalue weighted by Crippen LogP contribution is 2.28. The summed E-state index contributed by atoms with van der Waals surface area (Å²) in [5, 5.41) is 11.0. The Morgan fingerprint density at radius 3 is 2.96 bits per heavy atom. The van der Waals surface area contributed by atoms with Gasteiger partial charge in [0, 0.05) is 6.20 Å². The number of H-pyrrole nitrogens is 1. The molecule has 23 heavy (non-hydrogen) atoms. The number of esters is 1. The average Bonchev–Trinajstić information content (AvgIpc) is 3.25.